The monoisotopic (exact) mass is 384 g/mol. The van der Waals surface area contributed by atoms with Gasteiger partial charge >= 0.3 is 11.9 Å². The van der Waals surface area contributed by atoms with E-state index in [1.165, 1.54) is 25.3 Å². The minimum Gasteiger partial charge on any atom is -0.469 e. The van der Waals surface area contributed by atoms with E-state index in [0.29, 0.717) is 5.57 Å². The Morgan fingerprint density at radius 3 is 2.39 bits per heavy atom. The van der Waals surface area contributed by atoms with Gasteiger partial charge in [0, 0.05) is 44.4 Å². The highest BCUT2D eigenvalue weighted by atomic mass is 16.5. The number of esters is 2. The van der Waals surface area contributed by atoms with Crippen LogP contribution in [-0.2, 0) is 46.0 Å². The Bertz CT molecular complexity index is 904. The molecule has 0 aliphatic heterocycles. The number of allylic oxidation sites excluding steroid dienone is 1. The molecule has 1 unspecified atom stereocenters. The third-order valence-corrected chi connectivity index (χ3v) is 5.37. The highest BCUT2D eigenvalue weighted by Gasteiger charge is 2.28. The van der Waals surface area contributed by atoms with Crippen molar-refractivity contribution >= 4 is 17.5 Å². The van der Waals surface area contributed by atoms with Gasteiger partial charge in [0.2, 0.25) is 0 Å². The van der Waals surface area contributed by atoms with Crippen molar-refractivity contribution in [3.63, 3.8) is 0 Å². The van der Waals surface area contributed by atoms with E-state index in [-0.39, 0.29) is 17.9 Å². The van der Waals surface area contributed by atoms with Gasteiger partial charge < -0.3 is 18.6 Å². The van der Waals surface area contributed by atoms with Crippen LogP contribution < -0.4 is 0 Å². The lowest BCUT2D eigenvalue weighted by Crippen LogP contribution is -2.18. The van der Waals surface area contributed by atoms with Crippen LogP contribution in [-0.4, -0.2) is 35.3 Å². The molecule has 0 amide bonds. The van der Waals surface area contributed by atoms with Crippen molar-refractivity contribution < 1.29 is 19.1 Å². The predicted octanol–water partition coefficient (Wildman–Crippen LogP) is 3.15. The molecule has 2 heterocycles. The summed E-state index contributed by atoms with van der Waals surface area (Å²) in [6.45, 7) is 0. The SMILES string of the molecule is COC(=O)C1=CCCc2cn(C)cc21.COC(=O)C1CCCc2cn(C)cc21. The number of carbonyl (C=O) groups excluding carboxylic acids is 2. The molecule has 6 heteroatoms. The van der Waals surface area contributed by atoms with Gasteiger partial charge in [-0.05, 0) is 48.8 Å². The van der Waals surface area contributed by atoms with Crippen molar-refractivity contribution in [2.75, 3.05) is 14.2 Å². The quantitative estimate of drug-likeness (QED) is 0.747. The number of hydrogen-bond donors (Lipinski definition) is 0. The fraction of sp³-hybridized carbons (Fsp3) is 0.455. The van der Waals surface area contributed by atoms with E-state index < -0.39 is 0 Å². The fourth-order valence-corrected chi connectivity index (χ4v) is 4.09. The Labute approximate surface area is 165 Å². The summed E-state index contributed by atoms with van der Waals surface area (Å²) >= 11 is 0. The molecule has 6 nitrogen and oxygen atoms in total. The number of rotatable bonds is 2. The topological polar surface area (TPSA) is 62.5 Å². The number of ether oxygens (including phenoxy) is 2. The minimum absolute atomic E-state index is 0.0371. The van der Waals surface area contributed by atoms with Crippen molar-refractivity contribution in [1.82, 2.24) is 9.13 Å². The van der Waals surface area contributed by atoms with E-state index in [0.717, 1.165) is 43.2 Å². The molecule has 0 saturated heterocycles. The van der Waals surface area contributed by atoms with Crippen LogP contribution in [0.3, 0.4) is 0 Å². The average Bonchev–Trinajstić information content (AvgIpc) is 3.27. The van der Waals surface area contributed by atoms with Crippen LogP contribution in [0.2, 0.25) is 0 Å². The molecule has 28 heavy (non-hydrogen) atoms. The van der Waals surface area contributed by atoms with E-state index in [1.54, 1.807) is 0 Å². The first-order chi connectivity index (χ1) is 13.4. The second kappa shape index (κ2) is 8.50. The Hall–Kier alpha value is -2.76. The summed E-state index contributed by atoms with van der Waals surface area (Å²) < 4.78 is 13.5. The van der Waals surface area contributed by atoms with Crippen LogP contribution in [0.4, 0.5) is 0 Å². The molecule has 2 aliphatic carbocycles. The Morgan fingerprint density at radius 2 is 1.68 bits per heavy atom. The number of aromatic nitrogens is 2. The third-order valence-electron chi connectivity index (χ3n) is 5.37. The molecule has 0 fully saturated rings. The molecule has 0 aromatic carbocycles. The van der Waals surface area contributed by atoms with Crippen molar-refractivity contribution in [2.45, 2.75) is 38.0 Å². The van der Waals surface area contributed by atoms with Gasteiger partial charge in [0.25, 0.3) is 0 Å². The Balaban J connectivity index is 0.000000161. The van der Waals surface area contributed by atoms with Crippen LogP contribution in [0.25, 0.3) is 5.57 Å². The normalized spacial score (nSPS) is 17.4. The van der Waals surface area contributed by atoms with Crippen LogP contribution in [0, 0.1) is 0 Å². The second-order valence-corrected chi connectivity index (χ2v) is 7.38. The fourth-order valence-electron chi connectivity index (χ4n) is 4.09. The summed E-state index contributed by atoms with van der Waals surface area (Å²) in [6.07, 6.45) is 15.1. The lowest BCUT2D eigenvalue weighted by atomic mass is 9.86. The van der Waals surface area contributed by atoms with E-state index in [1.807, 2.05) is 41.7 Å². The van der Waals surface area contributed by atoms with Gasteiger partial charge in [0.1, 0.15) is 0 Å². The van der Waals surface area contributed by atoms with Crippen LogP contribution in [0.1, 0.15) is 47.4 Å². The maximum absolute atomic E-state index is 11.5. The van der Waals surface area contributed by atoms with Gasteiger partial charge in [0.15, 0.2) is 0 Å². The molecule has 0 spiro atoms. The van der Waals surface area contributed by atoms with Crippen LogP contribution >= 0.6 is 0 Å². The highest BCUT2D eigenvalue weighted by Crippen LogP contribution is 2.32. The summed E-state index contributed by atoms with van der Waals surface area (Å²) in [6, 6.07) is 0. The van der Waals surface area contributed by atoms with Gasteiger partial charge in [-0.1, -0.05) is 6.08 Å². The van der Waals surface area contributed by atoms with Crippen LogP contribution in [0.5, 0.6) is 0 Å². The first kappa shape index (κ1) is 20.0. The molecule has 2 aromatic rings. The van der Waals surface area contributed by atoms with Crippen molar-refractivity contribution in [3.8, 4) is 0 Å². The molecule has 4 rings (SSSR count). The van der Waals surface area contributed by atoms with Crippen LogP contribution in [0.15, 0.2) is 30.9 Å². The van der Waals surface area contributed by atoms with Gasteiger partial charge in [-0.2, -0.15) is 0 Å². The molecule has 0 radical (unpaired) electrons. The molecular weight excluding hydrogens is 356 g/mol. The average molecular weight is 384 g/mol. The first-order valence-electron chi connectivity index (χ1n) is 9.60. The number of aryl methyl sites for hydroxylation is 4. The first-order valence-corrected chi connectivity index (χ1v) is 9.60. The van der Waals surface area contributed by atoms with E-state index >= 15 is 0 Å². The van der Waals surface area contributed by atoms with Crippen molar-refractivity contribution in [3.05, 3.63) is 53.1 Å². The smallest absolute Gasteiger partial charge is 0.338 e. The predicted molar refractivity (Wildman–Crippen MR) is 107 cm³/mol. The standard InChI is InChI=1S/C11H15NO2.C11H13NO2/c2*1-12-6-8-4-3-5-9(10(8)7-12)11(13)14-2/h6-7,9H,3-5H2,1-2H3;5-7H,3-4H2,1-2H3. The molecule has 2 aromatic heterocycles. The molecule has 0 saturated carbocycles. The lowest BCUT2D eigenvalue weighted by Gasteiger charge is -2.19. The lowest BCUT2D eigenvalue weighted by molar-refractivity contribution is -0.142. The number of nitrogens with zero attached hydrogens (tertiary/aromatic N) is 2. The Kier molecular flexibility index (Phi) is 6.07. The molecule has 150 valence electrons. The summed E-state index contributed by atoms with van der Waals surface area (Å²) in [5, 5.41) is 0. The molecule has 0 N–H and O–H groups in total. The van der Waals surface area contributed by atoms with Gasteiger partial charge in [-0.25, -0.2) is 4.79 Å². The third kappa shape index (κ3) is 4.06. The van der Waals surface area contributed by atoms with Gasteiger partial charge in [-0.3, -0.25) is 4.79 Å². The molecule has 1 atom stereocenters. The maximum atomic E-state index is 11.5. The molecule has 2 aliphatic rings. The minimum atomic E-state index is -0.239. The summed E-state index contributed by atoms with van der Waals surface area (Å²) in [7, 11) is 6.83. The van der Waals surface area contributed by atoms with Crippen molar-refractivity contribution in [1.29, 1.82) is 0 Å². The molecular formula is C22H28N2O4. The zero-order chi connectivity index (χ0) is 20.3. The van der Waals surface area contributed by atoms with Gasteiger partial charge in [0.05, 0.1) is 25.7 Å². The number of methoxy groups -OCH3 is 2. The maximum Gasteiger partial charge on any atom is 0.338 e. The number of fused-ring (bicyclic) bond motifs is 2. The number of hydrogen-bond acceptors (Lipinski definition) is 4. The largest absolute Gasteiger partial charge is 0.469 e. The van der Waals surface area contributed by atoms with E-state index in [4.69, 9.17) is 9.47 Å². The van der Waals surface area contributed by atoms with E-state index in [9.17, 15) is 9.59 Å². The zero-order valence-electron chi connectivity index (χ0n) is 17.0. The molecule has 0 bridgehead atoms. The summed E-state index contributed by atoms with van der Waals surface area (Å²) in [5.41, 5.74) is 5.41. The summed E-state index contributed by atoms with van der Waals surface area (Å²) in [5.74, 6) is -0.376. The highest BCUT2D eigenvalue weighted by molar-refractivity contribution is 6.17. The zero-order valence-corrected chi connectivity index (χ0v) is 17.0. The van der Waals surface area contributed by atoms with Crippen molar-refractivity contribution in [2.24, 2.45) is 14.1 Å². The van der Waals surface area contributed by atoms with E-state index in [2.05, 4.69) is 12.4 Å². The number of carbonyl (C=O) groups is 2. The second-order valence-electron chi connectivity index (χ2n) is 7.38. The van der Waals surface area contributed by atoms with Gasteiger partial charge in [-0.15, -0.1) is 0 Å². The summed E-state index contributed by atoms with van der Waals surface area (Å²) in [4.78, 5) is 22.9. The Morgan fingerprint density at radius 1 is 0.964 bits per heavy atom.